The molecule has 0 radical (unpaired) electrons. The zero-order valence-electron chi connectivity index (χ0n) is 12.3. The van der Waals surface area contributed by atoms with Crippen LogP contribution >= 0.6 is 0 Å². The number of amides is 1. The molecule has 2 heterocycles. The van der Waals surface area contributed by atoms with E-state index in [2.05, 4.69) is 20.3 Å². The quantitative estimate of drug-likeness (QED) is 0.913. The van der Waals surface area contributed by atoms with Crippen molar-refractivity contribution in [2.75, 3.05) is 13.1 Å². The van der Waals surface area contributed by atoms with E-state index in [4.69, 9.17) is 0 Å². The van der Waals surface area contributed by atoms with Crippen molar-refractivity contribution >= 4 is 5.91 Å². The van der Waals surface area contributed by atoms with Gasteiger partial charge in [-0.15, -0.1) is 5.10 Å². The van der Waals surface area contributed by atoms with Crippen LogP contribution in [-0.2, 0) is 11.3 Å². The zero-order chi connectivity index (χ0) is 14.9. The highest BCUT2D eigenvalue weighted by atomic mass is 16.2. The summed E-state index contributed by atoms with van der Waals surface area (Å²) >= 11 is 0. The Morgan fingerprint density at radius 3 is 2.81 bits per heavy atom. The van der Waals surface area contributed by atoms with Gasteiger partial charge >= 0.3 is 0 Å². The number of para-hydroxylation sites is 1. The molecule has 1 saturated heterocycles. The molecular weight excluding hydrogens is 266 g/mol. The van der Waals surface area contributed by atoms with Crippen molar-refractivity contribution < 1.29 is 4.79 Å². The molecule has 1 N–H and O–H groups in total. The number of piperazine rings is 1. The maximum absolute atomic E-state index is 11.9. The van der Waals surface area contributed by atoms with Crippen molar-refractivity contribution in [2.45, 2.75) is 25.9 Å². The van der Waals surface area contributed by atoms with Crippen LogP contribution in [0.4, 0.5) is 0 Å². The molecule has 1 aliphatic rings. The number of hydrogen-bond donors (Lipinski definition) is 1. The Kier molecular flexibility index (Phi) is 3.47. The van der Waals surface area contributed by atoms with Crippen LogP contribution in [0.25, 0.3) is 5.69 Å². The minimum absolute atomic E-state index is 0.0521. The maximum atomic E-state index is 11.9. The molecule has 0 atom stereocenters. The van der Waals surface area contributed by atoms with Gasteiger partial charge in [0.1, 0.15) is 6.33 Å². The van der Waals surface area contributed by atoms with Crippen LogP contribution in [0.15, 0.2) is 36.7 Å². The highest BCUT2D eigenvalue weighted by molar-refractivity contribution is 5.86. The molecule has 6 nitrogen and oxygen atoms in total. The van der Waals surface area contributed by atoms with Crippen LogP contribution < -0.4 is 5.32 Å². The minimum Gasteiger partial charge on any atom is -0.353 e. The van der Waals surface area contributed by atoms with Crippen LogP contribution in [0.3, 0.4) is 0 Å². The number of nitrogens with one attached hydrogen (secondary N) is 1. The molecule has 1 fully saturated rings. The van der Waals surface area contributed by atoms with Gasteiger partial charge in [-0.1, -0.05) is 18.2 Å². The van der Waals surface area contributed by atoms with Gasteiger partial charge in [-0.2, -0.15) is 0 Å². The molecule has 2 aromatic rings. The monoisotopic (exact) mass is 285 g/mol. The Morgan fingerprint density at radius 2 is 2.05 bits per heavy atom. The number of aromatic nitrogens is 3. The second kappa shape index (κ2) is 5.29. The molecule has 0 unspecified atom stereocenters. The molecule has 21 heavy (non-hydrogen) atoms. The standard InChI is InChI=1S/C15H19N5O/c1-15(2)14(21)16-8-9-19(15)10-13-17-11-20(18-13)12-6-4-3-5-7-12/h3-7,11H,8-10H2,1-2H3,(H,16,21). The van der Waals surface area contributed by atoms with Crippen LogP contribution in [0, 0.1) is 0 Å². The summed E-state index contributed by atoms with van der Waals surface area (Å²) in [5.41, 5.74) is 0.447. The van der Waals surface area contributed by atoms with E-state index in [9.17, 15) is 4.79 Å². The summed E-state index contributed by atoms with van der Waals surface area (Å²) in [7, 11) is 0. The van der Waals surface area contributed by atoms with E-state index >= 15 is 0 Å². The van der Waals surface area contributed by atoms with Gasteiger partial charge in [-0.05, 0) is 26.0 Å². The Balaban J connectivity index is 1.77. The summed E-state index contributed by atoms with van der Waals surface area (Å²) in [6, 6.07) is 9.87. The molecule has 1 aromatic heterocycles. The van der Waals surface area contributed by atoms with Crippen LogP contribution in [0.5, 0.6) is 0 Å². The fraction of sp³-hybridized carbons (Fsp3) is 0.400. The van der Waals surface area contributed by atoms with Gasteiger partial charge in [-0.3, -0.25) is 9.69 Å². The predicted molar refractivity (Wildman–Crippen MR) is 78.9 cm³/mol. The molecule has 3 rings (SSSR count). The molecule has 0 aliphatic carbocycles. The molecule has 1 aliphatic heterocycles. The lowest BCUT2D eigenvalue weighted by Gasteiger charge is -2.40. The second-order valence-electron chi connectivity index (χ2n) is 5.68. The SMILES string of the molecule is CC1(C)C(=O)NCCN1Cc1ncn(-c2ccccc2)n1. The second-order valence-corrected chi connectivity index (χ2v) is 5.68. The predicted octanol–water partition coefficient (Wildman–Crippen LogP) is 0.978. The largest absolute Gasteiger partial charge is 0.353 e. The van der Waals surface area contributed by atoms with Crippen LogP contribution in [0.2, 0.25) is 0 Å². The first kappa shape index (κ1) is 13.8. The summed E-state index contributed by atoms with van der Waals surface area (Å²) in [6.45, 7) is 5.89. The van der Waals surface area contributed by atoms with Gasteiger partial charge in [0.15, 0.2) is 5.82 Å². The van der Waals surface area contributed by atoms with Crippen LogP contribution in [-0.4, -0.2) is 44.2 Å². The number of hydrogen-bond acceptors (Lipinski definition) is 4. The third-order valence-electron chi connectivity index (χ3n) is 3.91. The van der Waals surface area contributed by atoms with Gasteiger partial charge in [0, 0.05) is 13.1 Å². The third kappa shape index (κ3) is 2.67. The average molecular weight is 285 g/mol. The Morgan fingerprint density at radius 1 is 1.29 bits per heavy atom. The first-order valence-corrected chi connectivity index (χ1v) is 7.07. The lowest BCUT2D eigenvalue weighted by molar-refractivity contribution is -0.135. The summed E-state index contributed by atoms with van der Waals surface area (Å²) in [6.07, 6.45) is 1.71. The van der Waals surface area contributed by atoms with Gasteiger partial charge in [0.2, 0.25) is 5.91 Å². The highest BCUT2D eigenvalue weighted by Gasteiger charge is 2.37. The van der Waals surface area contributed by atoms with E-state index in [1.54, 1.807) is 11.0 Å². The van der Waals surface area contributed by atoms with Crippen molar-refractivity contribution in [2.24, 2.45) is 0 Å². The number of carbonyl (C=O) groups excluding carboxylic acids is 1. The normalized spacial score (nSPS) is 18.5. The lowest BCUT2D eigenvalue weighted by atomic mass is 9.99. The molecule has 110 valence electrons. The van der Waals surface area contributed by atoms with Crippen molar-refractivity contribution in [1.29, 1.82) is 0 Å². The number of carbonyl (C=O) groups is 1. The molecule has 0 saturated carbocycles. The van der Waals surface area contributed by atoms with E-state index < -0.39 is 5.54 Å². The highest BCUT2D eigenvalue weighted by Crippen LogP contribution is 2.19. The Labute approximate surface area is 123 Å². The maximum Gasteiger partial charge on any atom is 0.240 e. The van der Waals surface area contributed by atoms with Crippen molar-refractivity contribution in [3.8, 4) is 5.69 Å². The number of nitrogens with zero attached hydrogens (tertiary/aromatic N) is 4. The first-order valence-electron chi connectivity index (χ1n) is 7.07. The minimum atomic E-state index is -0.531. The van der Waals surface area contributed by atoms with E-state index in [0.717, 1.165) is 18.1 Å². The Bertz CT molecular complexity index is 635. The number of rotatable bonds is 3. The van der Waals surface area contributed by atoms with Crippen molar-refractivity contribution in [3.05, 3.63) is 42.5 Å². The smallest absolute Gasteiger partial charge is 0.240 e. The van der Waals surface area contributed by atoms with Gasteiger partial charge < -0.3 is 5.32 Å². The van der Waals surface area contributed by atoms with Crippen LogP contribution in [0.1, 0.15) is 19.7 Å². The summed E-state index contributed by atoms with van der Waals surface area (Å²) in [5, 5.41) is 7.39. The fourth-order valence-corrected chi connectivity index (χ4v) is 2.47. The Hall–Kier alpha value is -2.21. The molecule has 6 heteroatoms. The topological polar surface area (TPSA) is 63.1 Å². The molecule has 1 aromatic carbocycles. The van der Waals surface area contributed by atoms with E-state index in [1.807, 2.05) is 44.2 Å². The van der Waals surface area contributed by atoms with Crippen molar-refractivity contribution in [3.63, 3.8) is 0 Å². The molecular formula is C15H19N5O. The van der Waals surface area contributed by atoms with E-state index in [-0.39, 0.29) is 5.91 Å². The molecule has 0 bridgehead atoms. The third-order valence-corrected chi connectivity index (χ3v) is 3.91. The average Bonchev–Trinajstić information content (AvgIpc) is 2.94. The summed E-state index contributed by atoms with van der Waals surface area (Å²) in [5.74, 6) is 0.776. The molecule has 0 spiro atoms. The number of benzene rings is 1. The molecule has 1 amide bonds. The first-order chi connectivity index (χ1) is 10.1. The van der Waals surface area contributed by atoms with Gasteiger partial charge in [0.25, 0.3) is 0 Å². The van der Waals surface area contributed by atoms with Gasteiger partial charge in [-0.25, -0.2) is 9.67 Å². The van der Waals surface area contributed by atoms with E-state index in [0.29, 0.717) is 13.1 Å². The lowest BCUT2D eigenvalue weighted by Crippen LogP contribution is -2.61. The van der Waals surface area contributed by atoms with Crippen molar-refractivity contribution in [1.82, 2.24) is 25.0 Å². The van der Waals surface area contributed by atoms with E-state index in [1.165, 1.54) is 0 Å². The summed E-state index contributed by atoms with van der Waals surface area (Å²) < 4.78 is 1.76. The van der Waals surface area contributed by atoms with Gasteiger partial charge in [0.05, 0.1) is 17.8 Å². The zero-order valence-corrected chi connectivity index (χ0v) is 12.3. The summed E-state index contributed by atoms with van der Waals surface area (Å²) in [4.78, 5) is 18.4. The fourth-order valence-electron chi connectivity index (χ4n) is 2.47.